The second-order valence-electron chi connectivity index (χ2n) is 6.33. The molecule has 138 valence electrons. The summed E-state index contributed by atoms with van der Waals surface area (Å²) in [6.45, 7) is 1.13. The van der Waals surface area contributed by atoms with Crippen molar-refractivity contribution in [3.05, 3.63) is 72.1 Å². The van der Waals surface area contributed by atoms with E-state index in [4.69, 9.17) is 9.47 Å². The van der Waals surface area contributed by atoms with Crippen molar-refractivity contribution in [3.8, 4) is 17.2 Å². The maximum atomic E-state index is 12.4. The molecule has 0 radical (unpaired) electrons. The van der Waals surface area contributed by atoms with Gasteiger partial charge in [0.2, 0.25) is 6.79 Å². The van der Waals surface area contributed by atoms with Gasteiger partial charge in [0.15, 0.2) is 11.5 Å². The summed E-state index contributed by atoms with van der Waals surface area (Å²) in [6.07, 6.45) is 3.70. The fourth-order valence-electron chi connectivity index (χ4n) is 2.87. The number of nitrogens with zero attached hydrogens (tertiary/aromatic N) is 3. The Kier molecular flexibility index (Phi) is 4.65. The van der Waals surface area contributed by atoms with Gasteiger partial charge in [0, 0.05) is 25.4 Å². The SMILES string of the molecule is CN(Cc1cnn(-c2ccccc2)c1)C(=O)NCc1ccc2c(c1)OCO2. The fourth-order valence-corrected chi connectivity index (χ4v) is 2.87. The Labute approximate surface area is 157 Å². The number of amides is 2. The highest BCUT2D eigenvalue weighted by Crippen LogP contribution is 2.32. The van der Waals surface area contributed by atoms with Crippen LogP contribution in [-0.4, -0.2) is 34.6 Å². The number of fused-ring (bicyclic) bond motifs is 1. The summed E-state index contributed by atoms with van der Waals surface area (Å²) >= 11 is 0. The number of carbonyl (C=O) groups excluding carboxylic acids is 1. The summed E-state index contributed by atoms with van der Waals surface area (Å²) in [6, 6.07) is 15.4. The van der Waals surface area contributed by atoms with Crippen LogP contribution in [0.15, 0.2) is 60.9 Å². The van der Waals surface area contributed by atoms with Gasteiger partial charge in [-0.05, 0) is 29.8 Å². The van der Waals surface area contributed by atoms with Crippen LogP contribution in [0.1, 0.15) is 11.1 Å². The zero-order chi connectivity index (χ0) is 18.6. The van der Waals surface area contributed by atoms with Gasteiger partial charge in [0.05, 0.1) is 18.4 Å². The highest BCUT2D eigenvalue weighted by atomic mass is 16.7. The van der Waals surface area contributed by atoms with Crippen LogP contribution >= 0.6 is 0 Å². The zero-order valence-electron chi connectivity index (χ0n) is 15.0. The molecule has 0 saturated heterocycles. The molecule has 0 unspecified atom stereocenters. The number of ether oxygens (including phenoxy) is 2. The molecule has 27 heavy (non-hydrogen) atoms. The summed E-state index contributed by atoms with van der Waals surface area (Å²) in [5, 5.41) is 7.27. The summed E-state index contributed by atoms with van der Waals surface area (Å²) in [5.41, 5.74) is 2.90. The van der Waals surface area contributed by atoms with Crippen LogP contribution in [0, 0.1) is 0 Å². The molecule has 0 spiro atoms. The molecule has 0 fully saturated rings. The minimum absolute atomic E-state index is 0.153. The molecule has 0 atom stereocenters. The van der Waals surface area contributed by atoms with E-state index in [1.54, 1.807) is 22.8 Å². The maximum absolute atomic E-state index is 12.4. The average Bonchev–Trinajstić information content (AvgIpc) is 3.35. The number of aromatic nitrogens is 2. The third kappa shape index (κ3) is 3.87. The van der Waals surface area contributed by atoms with Gasteiger partial charge in [-0.25, -0.2) is 9.48 Å². The summed E-state index contributed by atoms with van der Waals surface area (Å²) in [7, 11) is 1.76. The van der Waals surface area contributed by atoms with Gasteiger partial charge >= 0.3 is 6.03 Å². The minimum Gasteiger partial charge on any atom is -0.454 e. The van der Waals surface area contributed by atoms with Crippen molar-refractivity contribution in [2.24, 2.45) is 0 Å². The smallest absolute Gasteiger partial charge is 0.317 e. The van der Waals surface area contributed by atoms with Gasteiger partial charge in [0.25, 0.3) is 0 Å². The van der Waals surface area contributed by atoms with Crippen LogP contribution in [0.2, 0.25) is 0 Å². The molecule has 0 aliphatic carbocycles. The van der Waals surface area contributed by atoms with E-state index in [0.29, 0.717) is 18.8 Å². The molecule has 1 aliphatic heterocycles. The molecule has 0 saturated carbocycles. The normalized spacial score (nSPS) is 12.0. The van der Waals surface area contributed by atoms with E-state index in [-0.39, 0.29) is 12.8 Å². The Hall–Kier alpha value is -3.48. The predicted molar refractivity (Wildman–Crippen MR) is 99.8 cm³/mol. The summed E-state index contributed by atoms with van der Waals surface area (Å²) in [4.78, 5) is 14.0. The third-order valence-corrected chi connectivity index (χ3v) is 4.30. The lowest BCUT2D eigenvalue weighted by molar-refractivity contribution is 0.174. The molecule has 2 amide bonds. The van der Waals surface area contributed by atoms with Gasteiger partial charge in [-0.2, -0.15) is 5.10 Å². The lowest BCUT2D eigenvalue weighted by Gasteiger charge is -2.17. The van der Waals surface area contributed by atoms with Crippen LogP contribution in [0.3, 0.4) is 0 Å². The Morgan fingerprint density at radius 1 is 1.15 bits per heavy atom. The Bertz CT molecular complexity index is 939. The summed E-state index contributed by atoms with van der Waals surface area (Å²) in [5.74, 6) is 1.45. The molecule has 0 bridgehead atoms. The quantitative estimate of drug-likeness (QED) is 0.756. The summed E-state index contributed by atoms with van der Waals surface area (Å²) < 4.78 is 12.4. The standard InChI is InChI=1S/C20H20N4O3/c1-23(12-16-11-22-24(13-16)17-5-3-2-4-6-17)20(25)21-10-15-7-8-18-19(9-15)27-14-26-18/h2-9,11,13H,10,12,14H2,1H3,(H,21,25). The van der Waals surface area contributed by atoms with E-state index >= 15 is 0 Å². The molecule has 3 aromatic rings. The molecule has 2 heterocycles. The zero-order valence-corrected chi connectivity index (χ0v) is 15.0. The molecule has 1 N–H and O–H groups in total. The van der Waals surface area contributed by atoms with Crippen molar-refractivity contribution in [3.63, 3.8) is 0 Å². The van der Waals surface area contributed by atoms with Crippen LogP contribution in [0.25, 0.3) is 5.69 Å². The molecule has 7 heteroatoms. The van der Waals surface area contributed by atoms with Crippen LogP contribution in [0.4, 0.5) is 4.79 Å². The number of hydrogen-bond donors (Lipinski definition) is 1. The number of para-hydroxylation sites is 1. The third-order valence-electron chi connectivity index (χ3n) is 4.30. The number of rotatable bonds is 5. The van der Waals surface area contributed by atoms with Gasteiger partial charge in [-0.1, -0.05) is 24.3 Å². The van der Waals surface area contributed by atoms with Crippen molar-refractivity contribution >= 4 is 6.03 Å². The topological polar surface area (TPSA) is 68.6 Å². The molecule has 1 aromatic heterocycles. The second-order valence-corrected chi connectivity index (χ2v) is 6.33. The first-order valence-corrected chi connectivity index (χ1v) is 8.65. The number of hydrogen-bond acceptors (Lipinski definition) is 4. The first-order chi connectivity index (χ1) is 13.2. The first-order valence-electron chi connectivity index (χ1n) is 8.65. The van der Waals surface area contributed by atoms with E-state index in [9.17, 15) is 4.79 Å². The molecule has 4 rings (SSSR count). The number of carbonyl (C=O) groups is 1. The van der Waals surface area contributed by atoms with Crippen LogP contribution in [0.5, 0.6) is 11.5 Å². The average molecular weight is 364 g/mol. The molecule has 1 aliphatic rings. The second kappa shape index (κ2) is 7.41. The van der Waals surface area contributed by atoms with Crippen molar-refractivity contribution in [1.82, 2.24) is 20.0 Å². The highest BCUT2D eigenvalue weighted by Gasteiger charge is 2.14. The van der Waals surface area contributed by atoms with Crippen LogP contribution < -0.4 is 14.8 Å². The van der Waals surface area contributed by atoms with E-state index in [1.807, 2.05) is 54.7 Å². The molecular formula is C20H20N4O3. The predicted octanol–water partition coefficient (Wildman–Crippen LogP) is 2.94. The number of nitrogens with one attached hydrogen (secondary N) is 1. The molecule has 7 nitrogen and oxygen atoms in total. The highest BCUT2D eigenvalue weighted by molar-refractivity contribution is 5.73. The van der Waals surface area contributed by atoms with E-state index in [1.165, 1.54) is 0 Å². The maximum Gasteiger partial charge on any atom is 0.317 e. The Morgan fingerprint density at radius 2 is 1.96 bits per heavy atom. The minimum atomic E-state index is -0.153. The molecule has 2 aromatic carbocycles. The van der Waals surface area contributed by atoms with Crippen molar-refractivity contribution in [2.75, 3.05) is 13.8 Å². The Morgan fingerprint density at radius 3 is 2.81 bits per heavy atom. The van der Waals surface area contributed by atoms with Crippen molar-refractivity contribution in [1.29, 1.82) is 0 Å². The van der Waals surface area contributed by atoms with E-state index < -0.39 is 0 Å². The largest absolute Gasteiger partial charge is 0.454 e. The first kappa shape index (κ1) is 17.0. The van der Waals surface area contributed by atoms with Crippen LogP contribution in [-0.2, 0) is 13.1 Å². The molecular weight excluding hydrogens is 344 g/mol. The fraction of sp³-hybridized carbons (Fsp3) is 0.200. The number of urea groups is 1. The number of benzene rings is 2. The van der Waals surface area contributed by atoms with Crippen molar-refractivity contribution in [2.45, 2.75) is 13.1 Å². The van der Waals surface area contributed by atoms with Crippen molar-refractivity contribution < 1.29 is 14.3 Å². The Balaban J connectivity index is 1.32. The monoisotopic (exact) mass is 364 g/mol. The lowest BCUT2D eigenvalue weighted by Crippen LogP contribution is -2.36. The van der Waals surface area contributed by atoms with Gasteiger partial charge in [-0.15, -0.1) is 0 Å². The van der Waals surface area contributed by atoms with Gasteiger partial charge < -0.3 is 19.7 Å². The van der Waals surface area contributed by atoms with E-state index in [0.717, 1.165) is 22.6 Å². The van der Waals surface area contributed by atoms with Gasteiger partial charge in [-0.3, -0.25) is 0 Å². The van der Waals surface area contributed by atoms with E-state index in [2.05, 4.69) is 10.4 Å². The lowest BCUT2D eigenvalue weighted by atomic mass is 10.2. The van der Waals surface area contributed by atoms with Gasteiger partial charge in [0.1, 0.15) is 0 Å².